The van der Waals surface area contributed by atoms with E-state index in [2.05, 4.69) is 10.0 Å². The number of hydrogen-bond acceptors (Lipinski definition) is 5. The minimum Gasteiger partial charge on any atom is -0.490 e. The van der Waals surface area contributed by atoms with Crippen molar-refractivity contribution in [2.24, 2.45) is 5.92 Å². The Bertz CT molecular complexity index is 625. The molecule has 144 valence electrons. The number of rotatable bonds is 10. The molecule has 9 heteroatoms. The van der Waals surface area contributed by atoms with Crippen molar-refractivity contribution in [1.82, 2.24) is 10.0 Å². The number of ether oxygens (including phenoxy) is 2. The van der Waals surface area contributed by atoms with Gasteiger partial charge in [0.05, 0.1) is 18.1 Å². The molecule has 25 heavy (non-hydrogen) atoms. The Balaban J connectivity index is 0.00000312. The monoisotopic (exact) mass is 396 g/mol. The second-order valence-electron chi connectivity index (χ2n) is 5.78. The van der Waals surface area contributed by atoms with Crippen LogP contribution in [-0.4, -0.2) is 47.9 Å². The Labute approximate surface area is 154 Å². The van der Waals surface area contributed by atoms with E-state index in [4.69, 9.17) is 9.47 Å². The molecule has 0 bridgehead atoms. The van der Waals surface area contributed by atoms with Crippen LogP contribution in [0.3, 0.4) is 0 Å². The van der Waals surface area contributed by atoms with Crippen LogP contribution in [0.5, 0.6) is 5.75 Å². The molecule has 6 nitrogen and oxygen atoms in total. The molecule has 0 aromatic heterocycles. The van der Waals surface area contributed by atoms with Gasteiger partial charge in [0.1, 0.15) is 0 Å². The molecule has 1 aromatic carbocycles. The van der Waals surface area contributed by atoms with Gasteiger partial charge >= 0.3 is 0 Å². The van der Waals surface area contributed by atoms with Gasteiger partial charge in [-0.2, -0.15) is 0 Å². The number of nitrogens with one attached hydrogen (secondary N) is 2. The fourth-order valence-corrected chi connectivity index (χ4v) is 3.39. The van der Waals surface area contributed by atoms with Crippen molar-refractivity contribution in [3.63, 3.8) is 0 Å². The first kappa shape index (κ1) is 22.1. The summed E-state index contributed by atoms with van der Waals surface area (Å²) < 4.78 is 51.5. The van der Waals surface area contributed by atoms with Gasteiger partial charge in [-0.1, -0.05) is 6.92 Å². The second kappa shape index (κ2) is 10.9. The molecule has 0 saturated carbocycles. The summed E-state index contributed by atoms with van der Waals surface area (Å²) in [4.78, 5) is -0.105. The van der Waals surface area contributed by atoms with Crippen LogP contribution in [0.1, 0.15) is 19.8 Å². The SMILES string of the molecule is CCCNCCNS(=O)(=O)c1ccc(OCC2CCOC2)c(F)c1.Cl. The smallest absolute Gasteiger partial charge is 0.240 e. The normalized spacial score (nSPS) is 17.3. The molecule has 1 saturated heterocycles. The van der Waals surface area contributed by atoms with Gasteiger partial charge < -0.3 is 14.8 Å². The van der Waals surface area contributed by atoms with Crippen LogP contribution in [0, 0.1) is 11.7 Å². The third-order valence-electron chi connectivity index (χ3n) is 3.73. The van der Waals surface area contributed by atoms with Crippen molar-refractivity contribution < 1.29 is 22.3 Å². The maximum atomic E-state index is 14.1. The van der Waals surface area contributed by atoms with Crippen molar-refractivity contribution in [1.29, 1.82) is 0 Å². The maximum Gasteiger partial charge on any atom is 0.240 e. The summed E-state index contributed by atoms with van der Waals surface area (Å²) in [5.41, 5.74) is 0. The summed E-state index contributed by atoms with van der Waals surface area (Å²) in [5.74, 6) is -0.364. The van der Waals surface area contributed by atoms with Crippen molar-refractivity contribution in [3.05, 3.63) is 24.0 Å². The Morgan fingerprint density at radius 2 is 2.12 bits per heavy atom. The maximum absolute atomic E-state index is 14.1. The van der Waals surface area contributed by atoms with Gasteiger partial charge in [-0.25, -0.2) is 17.5 Å². The summed E-state index contributed by atoms with van der Waals surface area (Å²) in [5, 5.41) is 3.09. The fourth-order valence-electron chi connectivity index (χ4n) is 2.35. The van der Waals surface area contributed by atoms with Crippen LogP contribution < -0.4 is 14.8 Å². The lowest BCUT2D eigenvalue weighted by Crippen LogP contribution is -2.32. The first-order valence-electron chi connectivity index (χ1n) is 8.23. The molecule has 0 radical (unpaired) electrons. The van der Waals surface area contributed by atoms with E-state index in [9.17, 15) is 12.8 Å². The third kappa shape index (κ3) is 7.07. The van der Waals surface area contributed by atoms with Crippen molar-refractivity contribution in [2.45, 2.75) is 24.7 Å². The zero-order valence-electron chi connectivity index (χ0n) is 14.3. The lowest BCUT2D eigenvalue weighted by Gasteiger charge is -2.12. The number of hydrogen-bond donors (Lipinski definition) is 2. The lowest BCUT2D eigenvalue weighted by molar-refractivity contribution is 0.165. The van der Waals surface area contributed by atoms with Gasteiger partial charge in [0, 0.05) is 25.6 Å². The minimum atomic E-state index is -3.72. The Hall–Kier alpha value is -0.930. The first-order chi connectivity index (χ1) is 11.5. The summed E-state index contributed by atoms with van der Waals surface area (Å²) in [6, 6.07) is 3.70. The van der Waals surface area contributed by atoms with Crippen molar-refractivity contribution >= 4 is 22.4 Å². The molecule has 1 fully saturated rings. The van der Waals surface area contributed by atoms with Crippen LogP contribution in [0.4, 0.5) is 4.39 Å². The largest absolute Gasteiger partial charge is 0.490 e. The molecular formula is C16H26ClFN2O4S. The highest BCUT2D eigenvalue weighted by Crippen LogP contribution is 2.22. The van der Waals surface area contributed by atoms with Crippen molar-refractivity contribution in [3.8, 4) is 5.75 Å². The highest BCUT2D eigenvalue weighted by atomic mass is 35.5. The van der Waals surface area contributed by atoms with Crippen LogP contribution in [-0.2, 0) is 14.8 Å². The molecule has 0 amide bonds. The van der Waals surface area contributed by atoms with E-state index in [-0.39, 0.29) is 35.5 Å². The molecular weight excluding hydrogens is 371 g/mol. The van der Waals surface area contributed by atoms with Gasteiger partial charge in [0.15, 0.2) is 11.6 Å². The average Bonchev–Trinajstić information content (AvgIpc) is 3.07. The Kier molecular flexibility index (Phi) is 9.66. The van der Waals surface area contributed by atoms with Gasteiger partial charge in [0.2, 0.25) is 10.0 Å². The van der Waals surface area contributed by atoms with Gasteiger partial charge in [-0.05, 0) is 37.6 Å². The van der Waals surface area contributed by atoms with Crippen LogP contribution in [0.2, 0.25) is 0 Å². The zero-order valence-corrected chi connectivity index (χ0v) is 15.9. The molecule has 2 rings (SSSR count). The highest BCUT2D eigenvalue weighted by Gasteiger charge is 2.19. The first-order valence-corrected chi connectivity index (χ1v) is 9.71. The number of sulfonamides is 1. The fraction of sp³-hybridized carbons (Fsp3) is 0.625. The topological polar surface area (TPSA) is 76.7 Å². The summed E-state index contributed by atoms with van der Waals surface area (Å²) in [6.07, 6.45) is 1.87. The molecule has 0 spiro atoms. The van der Waals surface area contributed by atoms with E-state index in [0.717, 1.165) is 25.5 Å². The molecule has 1 heterocycles. The van der Waals surface area contributed by atoms with E-state index in [1.54, 1.807) is 0 Å². The zero-order chi connectivity index (χ0) is 17.4. The average molecular weight is 397 g/mol. The highest BCUT2D eigenvalue weighted by molar-refractivity contribution is 7.89. The molecule has 2 N–H and O–H groups in total. The van der Waals surface area contributed by atoms with Crippen LogP contribution >= 0.6 is 12.4 Å². The third-order valence-corrected chi connectivity index (χ3v) is 5.19. The summed E-state index contributed by atoms with van der Waals surface area (Å²) in [6.45, 7) is 5.32. The van der Waals surface area contributed by atoms with Gasteiger partial charge in [-0.15, -0.1) is 12.4 Å². The van der Waals surface area contributed by atoms with E-state index in [1.165, 1.54) is 12.1 Å². The van der Waals surface area contributed by atoms with Crippen molar-refractivity contribution in [2.75, 3.05) is 39.5 Å². The molecule has 1 aliphatic heterocycles. The Morgan fingerprint density at radius 3 is 2.76 bits per heavy atom. The van der Waals surface area contributed by atoms with Gasteiger partial charge in [0.25, 0.3) is 0 Å². The minimum absolute atomic E-state index is 0. The molecule has 1 unspecified atom stereocenters. The van der Waals surface area contributed by atoms with Gasteiger partial charge in [-0.3, -0.25) is 0 Å². The Morgan fingerprint density at radius 1 is 1.32 bits per heavy atom. The van der Waals surface area contributed by atoms with Crippen LogP contribution in [0.15, 0.2) is 23.1 Å². The summed E-state index contributed by atoms with van der Waals surface area (Å²) in [7, 11) is -3.72. The van der Waals surface area contributed by atoms with E-state index in [1.807, 2.05) is 6.92 Å². The van der Waals surface area contributed by atoms with E-state index in [0.29, 0.717) is 26.4 Å². The molecule has 1 atom stereocenters. The van der Waals surface area contributed by atoms with E-state index < -0.39 is 15.8 Å². The van der Waals surface area contributed by atoms with Crippen LogP contribution in [0.25, 0.3) is 0 Å². The molecule has 1 aromatic rings. The second-order valence-corrected chi connectivity index (χ2v) is 7.55. The standard InChI is InChI=1S/C16H25FN2O4S.ClH/c1-2-6-18-7-8-19-24(20,21)14-3-4-16(15(17)10-14)23-12-13-5-9-22-11-13;/h3-4,10,13,18-19H,2,5-9,11-12H2,1H3;1H. The predicted molar refractivity (Wildman–Crippen MR) is 96.4 cm³/mol. The molecule has 0 aliphatic carbocycles. The number of halogens is 2. The number of benzene rings is 1. The van der Waals surface area contributed by atoms with E-state index >= 15 is 0 Å². The lowest BCUT2D eigenvalue weighted by atomic mass is 10.1. The quantitative estimate of drug-likeness (QED) is 0.591. The summed E-state index contributed by atoms with van der Waals surface area (Å²) >= 11 is 0. The molecule has 1 aliphatic rings. The predicted octanol–water partition coefficient (Wildman–Crippen LogP) is 1.94.